The molecule has 2 N–H and O–H groups in total. The lowest BCUT2D eigenvalue weighted by Crippen LogP contribution is -2.33. The Bertz CT molecular complexity index is 1080. The summed E-state index contributed by atoms with van der Waals surface area (Å²) in [5.74, 6) is 0.00766. The van der Waals surface area contributed by atoms with Gasteiger partial charge in [0.2, 0.25) is 5.91 Å². The minimum atomic E-state index is -0.325. The van der Waals surface area contributed by atoms with Gasteiger partial charge in [-0.3, -0.25) is 9.59 Å². The maximum Gasteiger partial charge on any atom is 0.251 e. The van der Waals surface area contributed by atoms with Crippen molar-refractivity contribution >= 4 is 17.5 Å². The average Bonchev–Trinajstić information content (AvgIpc) is 2.73. The topological polar surface area (TPSA) is 67.4 Å². The average molecular weight is 417 g/mol. The van der Waals surface area contributed by atoms with E-state index in [2.05, 4.69) is 16.7 Å². The molecule has 2 amide bonds. The van der Waals surface area contributed by atoms with Crippen LogP contribution in [0.5, 0.6) is 5.75 Å². The van der Waals surface area contributed by atoms with Crippen LogP contribution in [0.3, 0.4) is 0 Å². The lowest BCUT2D eigenvalue weighted by molar-refractivity contribution is -0.115. The van der Waals surface area contributed by atoms with Crippen molar-refractivity contribution in [1.29, 1.82) is 0 Å². The van der Waals surface area contributed by atoms with Crippen molar-refractivity contribution in [3.05, 3.63) is 94.0 Å². The first-order valence-electron chi connectivity index (χ1n) is 10.3. The molecule has 3 aromatic rings. The number of anilines is 1. The predicted octanol–water partition coefficient (Wildman–Crippen LogP) is 4.87. The SMILES string of the molecule is Cc1cccc(COc2cccc(C(=O)NCC(=O)Nc3c(C)cc(C)cc3C)c2)c1. The molecule has 0 unspecified atom stereocenters. The van der Waals surface area contributed by atoms with Crippen LogP contribution in [0.25, 0.3) is 0 Å². The maximum atomic E-state index is 12.5. The van der Waals surface area contributed by atoms with E-state index in [-0.39, 0.29) is 18.4 Å². The van der Waals surface area contributed by atoms with E-state index in [1.165, 1.54) is 5.56 Å². The van der Waals surface area contributed by atoms with Crippen molar-refractivity contribution in [1.82, 2.24) is 5.32 Å². The second-order valence-corrected chi connectivity index (χ2v) is 7.81. The minimum absolute atomic E-state index is 0.111. The summed E-state index contributed by atoms with van der Waals surface area (Å²) >= 11 is 0. The van der Waals surface area contributed by atoms with Crippen LogP contribution in [0.1, 0.15) is 38.2 Å². The Morgan fingerprint density at radius 1 is 0.839 bits per heavy atom. The summed E-state index contributed by atoms with van der Waals surface area (Å²) in [7, 11) is 0. The van der Waals surface area contributed by atoms with Crippen LogP contribution < -0.4 is 15.4 Å². The first-order chi connectivity index (χ1) is 14.8. The Morgan fingerprint density at radius 3 is 2.26 bits per heavy atom. The van der Waals surface area contributed by atoms with E-state index in [0.29, 0.717) is 17.9 Å². The molecule has 160 valence electrons. The van der Waals surface area contributed by atoms with Crippen molar-refractivity contribution in [2.45, 2.75) is 34.3 Å². The number of nitrogens with one attached hydrogen (secondary N) is 2. The van der Waals surface area contributed by atoms with E-state index in [4.69, 9.17) is 4.74 Å². The van der Waals surface area contributed by atoms with E-state index < -0.39 is 0 Å². The highest BCUT2D eigenvalue weighted by atomic mass is 16.5. The first kappa shape index (κ1) is 22.1. The highest BCUT2D eigenvalue weighted by Crippen LogP contribution is 2.21. The van der Waals surface area contributed by atoms with Crippen LogP contribution >= 0.6 is 0 Å². The van der Waals surface area contributed by atoms with Crippen molar-refractivity contribution in [2.24, 2.45) is 0 Å². The fourth-order valence-corrected chi connectivity index (χ4v) is 3.52. The number of ether oxygens (including phenoxy) is 1. The summed E-state index contributed by atoms with van der Waals surface area (Å²) in [6.45, 7) is 8.27. The van der Waals surface area contributed by atoms with Crippen molar-refractivity contribution < 1.29 is 14.3 Å². The Hall–Kier alpha value is -3.60. The van der Waals surface area contributed by atoms with Crippen LogP contribution in [0, 0.1) is 27.7 Å². The quantitative estimate of drug-likeness (QED) is 0.578. The van der Waals surface area contributed by atoms with E-state index in [0.717, 1.165) is 27.9 Å². The van der Waals surface area contributed by atoms with Gasteiger partial charge in [-0.15, -0.1) is 0 Å². The zero-order valence-electron chi connectivity index (χ0n) is 18.4. The third-order valence-electron chi connectivity index (χ3n) is 4.94. The van der Waals surface area contributed by atoms with Crippen molar-refractivity contribution in [3.63, 3.8) is 0 Å². The molecule has 0 aromatic heterocycles. The van der Waals surface area contributed by atoms with E-state index in [9.17, 15) is 9.59 Å². The molecular weight excluding hydrogens is 388 g/mol. The summed E-state index contributed by atoms with van der Waals surface area (Å²) in [5.41, 5.74) is 6.60. The van der Waals surface area contributed by atoms with Crippen LogP contribution in [-0.4, -0.2) is 18.4 Å². The molecule has 0 saturated carbocycles. The molecule has 3 aromatic carbocycles. The number of carbonyl (C=O) groups is 2. The van der Waals surface area contributed by atoms with E-state index in [1.54, 1.807) is 18.2 Å². The van der Waals surface area contributed by atoms with Gasteiger partial charge in [-0.2, -0.15) is 0 Å². The number of aryl methyl sites for hydroxylation is 4. The molecule has 0 fully saturated rings. The minimum Gasteiger partial charge on any atom is -0.489 e. The molecule has 0 aliphatic rings. The van der Waals surface area contributed by atoms with Gasteiger partial charge in [0.1, 0.15) is 12.4 Å². The molecule has 0 radical (unpaired) electrons. The smallest absolute Gasteiger partial charge is 0.251 e. The molecule has 0 aliphatic heterocycles. The van der Waals surface area contributed by atoms with Crippen LogP contribution in [0.15, 0.2) is 60.7 Å². The standard InChI is InChI=1S/C26H28N2O3/c1-17-7-5-8-21(13-17)16-31-23-10-6-9-22(14-23)26(30)27-15-24(29)28-25-19(3)11-18(2)12-20(25)4/h5-14H,15-16H2,1-4H3,(H,27,30)(H,28,29). The van der Waals surface area contributed by atoms with Gasteiger partial charge in [0.15, 0.2) is 0 Å². The lowest BCUT2D eigenvalue weighted by atomic mass is 10.1. The number of benzene rings is 3. The second kappa shape index (κ2) is 9.94. The van der Waals surface area contributed by atoms with Gasteiger partial charge in [-0.25, -0.2) is 0 Å². The fraction of sp³-hybridized carbons (Fsp3) is 0.231. The van der Waals surface area contributed by atoms with E-state index >= 15 is 0 Å². The molecule has 0 bridgehead atoms. The molecule has 0 saturated heterocycles. The Morgan fingerprint density at radius 2 is 1.55 bits per heavy atom. The van der Waals surface area contributed by atoms with Crippen LogP contribution in [0.4, 0.5) is 5.69 Å². The van der Waals surface area contributed by atoms with Gasteiger partial charge in [-0.05, 0) is 62.6 Å². The lowest BCUT2D eigenvalue weighted by Gasteiger charge is -2.13. The molecule has 5 nitrogen and oxygen atoms in total. The number of carbonyl (C=O) groups excluding carboxylic acids is 2. The zero-order chi connectivity index (χ0) is 22.4. The van der Waals surface area contributed by atoms with Crippen molar-refractivity contribution in [3.8, 4) is 5.75 Å². The molecule has 0 spiro atoms. The molecule has 0 heterocycles. The number of amides is 2. The number of rotatable bonds is 7. The van der Waals surface area contributed by atoms with Crippen LogP contribution in [0.2, 0.25) is 0 Å². The first-order valence-corrected chi connectivity index (χ1v) is 10.3. The van der Waals surface area contributed by atoms with Crippen molar-refractivity contribution in [2.75, 3.05) is 11.9 Å². The summed E-state index contributed by atoms with van der Waals surface area (Å²) in [6, 6.07) is 19.1. The fourth-order valence-electron chi connectivity index (χ4n) is 3.52. The molecule has 3 rings (SSSR count). The third-order valence-corrected chi connectivity index (χ3v) is 4.94. The van der Waals surface area contributed by atoms with Gasteiger partial charge in [-0.1, -0.05) is 53.6 Å². The highest BCUT2D eigenvalue weighted by molar-refractivity contribution is 6.00. The maximum absolute atomic E-state index is 12.5. The van der Waals surface area contributed by atoms with E-state index in [1.807, 2.05) is 64.1 Å². The Labute approximate surface area is 183 Å². The Kier molecular flexibility index (Phi) is 7.08. The monoisotopic (exact) mass is 416 g/mol. The Balaban J connectivity index is 1.56. The molecule has 5 heteroatoms. The van der Waals surface area contributed by atoms with Crippen LogP contribution in [-0.2, 0) is 11.4 Å². The van der Waals surface area contributed by atoms with Gasteiger partial charge in [0.05, 0.1) is 6.54 Å². The third kappa shape index (κ3) is 6.19. The molecule has 0 atom stereocenters. The summed E-state index contributed by atoms with van der Waals surface area (Å²) in [6.07, 6.45) is 0. The van der Waals surface area contributed by atoms with Gasteiger partial charge >= 0.3 is 0 Å². The highest BCUT2D eigenvalue weighted by Gasteiger charge is 2.12. The summed E-state index contributed by atoms with van der Waals surface area (Å²) in [4.78, 5) is 24.8. The summed E-state index contributed by atoms with van der Waals surface area (Å²) < 4.78 is 5.82. The number of hydrogen-bond donors (Lipinski definition) is 2. The zero-order valence-corrected chi connectivity index (χ0v) is 18.4. The predicted molar refractivity (Wildman–Crippen MR) is 124 cm³/mol. The second-order valence-electron chi connectivity index (χ2n) is 7.81. The van der Waals surface area contributed by atoms with Gasteiger partial charge in [0.25, 0.3) is 5.91 Å². The molecule has 0 aliphatic carbocycles. The van der Waals surface area contributed by atoms with Gasteiger partial charge < -0.3 is 15.4 Å². The molecule has 31 heavy (non-hydrogen) atoms. The van der Waals surface area contributed by atoms with Gasteiger partial charge in [0, 0.05) is 11.3 Å². The molecular formula is C26H28N2O3. The number of hydrogen-bond acceptors (Lipinski definition) is 3. The summed E-state index contributed by atoms with van der Waals surface area (Å²) in [5, 5.41) is 5.56. The normalized spacial score (nSPS) is 10.5. The largest absolute Gasteiger partial charge is 0.489 e.